The molecular weight excluding hydrogens is 621 g/mol. The molecule has 2 rings (SSSR count). The zero-order valence-electron chi connectivity index (χ0n) is 34.1. The van der Waals surface area contributed by atoms with E-state index in [4.69, 9.17) is 30.4 Å². The standard InChI is InChI=1S/2C14H23BN2.2C4H10O.2Li.Zn/c2*1-13(2,3)16-15(17-14(4,5)6)12-10-8-7-9-11-12;2*1-3-5-4-2;;;/h2*7-11H,1-6H3;2*3-4H2,1-2H3;;;/q2*-2;;;2*+1;+2. The van der Waals surface area contributed by atoms with Gasteiger partial charge >= 0.3 is 57.2 Å². The summed E-state index contributed by atoms with van der Waals surface area (Å²) in [5, 5.41) is 19.2. The minimum atomic E-state index is -0.0741. The summed E-state index contributed by atoms with van der Waals surface area (Å²) in [5.74, 6) is 0. The van der Waals surface area contributed by atoms with Crippen LogP contribution >= 0.6 is 0 Å². The van der Waals surface area contributed by atoms with E-state index in [1.165, 1.54) is 0 Å². The third-order valence-corrected chi connectivity index (χ3v) is 5.05. The van der Waals surface area contributed by atoms with Gasteiger partial charge in [-0.05, 0) is 27.7 Å². The Labute approximate surface area is 330 Å². The smallest absolute Gasteiger partial charge is 0.695 e. The maximum atomic E-state index is 4.83. The van der Waals surface area contributed by atoms with E-state index in [9.17, 15) is 0 Å². The molecule has 0 unspecified atom stereocenters. The van der Waals surface area contributed by atoms with Crippen LogP contribution in [0.25, 0.3) is 20.9 Å². The van der Waals surface area contributed by atoms with Gasteiger partial charge < -0.3 is 30.4 Å². The zero-order valence-corrected chi connectivity index (χ0v) is 37.0. The molecule has 0 spiro atoms. The maximum absolute atomic E-state index is 4.83. The third-order valence-electron chi connectivity index (χ3n) is 5.05. The van der Waals surface area contributed by atoms with Crippen molar-refractivity contribution >= 4 is 24.9 Å². The van der Waals surface area contributed by atoms with Crippen LogP contribution in [0.3, 0.4) is 0 Å². The largest absolute Gasteiger partial charge is 2.00 e. The van der Waals surface area contributed by atoms with Crippen molar-refractivity contribution in [3.8, 4) is 0 Å². The minimum Gasteiger partial charge on any atom is -0.695 e. The van der Waals surface area contributed by atoms with Crippen LogP contribution in [0.15, 0.2) is 60.7 Å². The van der Waals surface area contributed by atoms with Gasteiger partial charge in [0.05, 0.1) is 0 Å². The van der Waals surface area contributed by atoms with Gasteiger partial charge in [0.25, 0.3) is 0 Å². The van der Waals surface area contributed by atoms with Crippen molar-refractivity contribution in [2.24, 2.45) is 0 Å². The molecule has 0 saturated carbocycles. The second-order valence-corrected chi connectivity index (χ2v) is 14.3. The van der Waals surface area contributed by atoms with Gasteiger partial charge in [-0.15, -0.1) is 33.1 Å². The van der Waals surface area contributed by atoms with Gasteiger partial charge in [-0.2, -0.15) is 0 Å². The molecule has 2 aromatic carbocycles. The van der Waals surface area contributed by atoms with Gasteiger partial charge in [-0.25, -0.2) is 0 Å². The summed E-state index contributed by atoms with van der Waals surface area (Å²) in [4.78, 5) is 0. The summed E-state index contributed by atoms with van der Waals surface area (Å²) in [6.45, 7) is 36.5. The van der Waals surface area contributed by atoms with E-state index in [0.717, 1.165) is 37.4 Å². The van der Waals surface area contributed by atoms with Crippen LogP contribution < -0.4 is 48.6 Å². The van der Waals surface area contributed by atoms with E-state index in [2.05, 4.69) is 107 Å². The Kier molecular flexibility index (Phi) is 35.9. The van der Waals surface area contributed by atoms with Crippen molar-refractivity contribution in [2.75, 3.05) is 26.4 Å². The second kappa shape index (κ2) is 29.8. The molecule has 0 N–H and O–H groups in total. The van der Waals surface area contributed by atoms with Crippen LogP contribution in [0.2, 0.25) is 0 Å². The summed E-state index contributed by atoms with van der Waals surface area (Å²) in [6, 6.07) is 20.6. The maximum Gasteiger partial charge on any atom is 2.00 e. The number of nitrogens with zero attached hydrogens (tertiary/aromatic N) is 4. The fourth-order valence-electron chi connectivity index (χ4n) is 3.48. The molecule has 0 saturated heterocycles. The Morgan fingerprint density at radius 2 is 0.617 bits per heavy atom. The molecule has 0 aliphatic rings. The first-order chi connectivity index (χ1) is 20.2. The predicted molar refractivity (Wildman–Crippen MR) is 200 cm³/mol. The van der Waals surface area contributed by atoms with Gasteiger partial charge in [0.2, 0.25) is 0 Å². The van der Waals surface area contributed by atoms with Crippen molar-refractivity contribution in [1.29, 1.82) is 0 Å². The summed E-state index contributed by atoms with van der Waals surface area (Å²) < 4.78 is 9.67. The summed E-state index contributed by atoms with van der Waals surface area (Å²) in [5.41, 5.74) is 2.03. The number of hydrogen-bond acceptors (Lipinski definition) is 2. The molecule has 0 radical (unpaired) electrons. The van der Waals surface area contributed by atoms with E-state index in [0.29, 0.717) is 0 Å². The number of benzene rings is 2. The Balaban J connectivity index is -0.000000185. The van der Waals surface area contributed by atoms with Crippen LogP contribution in [0.4, 0.5) is 0 Å². The van der Waals surface area contributed by atoms with E-state index in [-0.39, 0.29) is 93.3 Å². The molecule has 0 atom stereocenters. The first-order valence-corrected chi connectivity index (χ1v) is 16.3. The second-order valence-electron chi connectivity index (χ2n) is 14.3. The molecule has 0 aliphatic heterocycles. The van der Waals surface area contributed by atoms with Gasteiger partial charge in [0.1, 0.15) is 0 Å². The first kappa shape index (κ1) is 56.5. The average Bonchev–Trinajstić information content (AvgIpc) is 2.88. The molecule has 0 aliphatic carbocycles. The summed E-state index contributed by atoms with van der Waals surface area (Å²) in [7, 11) is 0. The van der Waals surface area contributed by atoms with Gasteiger partial charge in [0, 0.05) is 26.4 Å². The van der Waals surface area contributed by atoms with E-state index in [1.54, 1.807) is 0 Å². The molecule has 0 aromatic heterocycles. The molecule has 0 fully saturated rings. The molecule has 2 aromatic rings. The molecule has 0 bridgehead atoms. The molecule has 47 heavy (non-hydrogen) atoms. The molecule has 0 heterocycles. The molecule has 6 nitrogen and oxygen atoms in total. The van der Waals surface area contributed by atoms with Crippen LogP contribution in [-0.4, -0.2) is 62.5 Å². The van der Waals surface area contributed by atoms with Crippen molar-refractivity contribution in [1.82, 2.24) is 0 Å². The van der Waals surface area contributed by atoms with Crippen molar-refractivity contribution in [3.63, 3.8) is 0 Å². The fourth-order valence-corrected chi connectivity index (χ4v) is 3.48. The Morgan fingerprint density at radius 1 is 0.426 bits per heavy atom. The average molecular weight is 688 g/mol. The van der Waals surface area contributed by atoms with Crippen molar-refractivity contribution < 1.29 is 66.7 Å². The van der Waals surface area contributed by atoms with Crippen molar-refractivity contribution in [3.05, 3.63) is 81.6 Å². The molecule has 252 valence electrons. The van der Waals surface area contributed by atoms with Crippen LogP contribution in [0, 0.1) is 0 Å². The number of hydrogen-bond donors (Lipinski definition) is 0. The quantitative estimate of drug-likeness (QED) is 0.359. The minimum absolute atomic E-state index is 0. The normalized spacial score (nSPS) is 10.9. The Morgan fingerprint density at radius 3 is 0.745 bits per heavy atom. The molecule has 0 amide bonds. The predicted octanol–water partition coefficient (Wildman–Crippen LogP) is 3.54. The van der Waals surface area contributed by atoms with E-state index >= 15 is 0 Å². The van der Waals surface area contributed by atoms with Crippen molar-refractivity contribution in [2.45, 2.75) is 133 Å². The van der Waals surface area contributed by atoms with E-state index < -0.39 is 0 Å². The topological polar surface area (TPSA) is 74.9 Å². The Bertz CT molecular complexity index is 825. The van der Waals surface area contributed by atoms with Crippen LogP contribution in [0.1, 0.15) is 111 Å². The van der Waals surface area contributed by atoms with Gasteiger partial charge in [-0.1, -0.05) is 158 Å². The monoisotopic (exact) mass is 686 g/mol. The SMILES string of the molecule is CC(C)(C)[N-]B([N-]C(C)(C)C)c1ccccc1.CC(C)(C)[N-]B([N-]C(C)(C)C)c1ccccc1.CCOCC.CCOCC.[Li+].[Li+].[Zn+2]. The van der Waals surface area contributed by atoms with E-state index in [1.807, 2.05) is 64.1 Å². The molecular formula is C36H66B2Li2N4O2Zn. The van der Waals surface area contributed by atoms with Crippen LogP contribution in [-0.2, 0) is 29.0 Å². The number of ether oxygens (including phenoxy) is 2. The number of rotatable bonds is 10. The Hall–Kier alpha value is 0.148. The molecule has 11 heteroatoms. The fraction of sp³-hybridized carbons (Fsp3) is 0.667. The first-order valence-electron chi connectivity index (χ1n) is 16.3. The third kappa shape index (κ3) is 38.8. The van der Waals surface area contributed by atoms with Crippen LogP contribution in [0.5, 0.6) is 0 Å². The van der Waals surface area contributed by atoms with Gasteiger partial charge in [-0.3, -0.25) is 0 Å². The summed E-state index contributed by atoms with van der Waals surface area (Å²) >= 11 is 0. The summed E-state index contributed by atoms with van der Waals surface area (Å²) in [6.07, 6.45) is 0. The zero-order chi connectivity index (χ0) is 34.5. The van der Waals surface area contributed by atoms with Gasteiger partial charge in [0.15, 0.2) is 0 Å².